The Morgan fingerprint density at radius 3 is 2.59 bits per heavy atom. The number of halogens is 3. The van der Waals surface area contributed by atoms with E-state index < -0.39 is 18.5 Å². The molecule has 140 valence electrons. The van der Waals surface area contributed by atoms with Crippen molar-refractivity contribution < 1.29 is 19.1 Å². The fourth-order valence-corrected chi connectivity index (χ4v) is 4.16. The minimum atomic E-state index is -0.683. The van der Waals surface area contributed by atoms with Gasteiger partial charge >= 0.3 is 5.97 Å². The zero-order valence-corrected chi connectivity index (χ0v) is 16.9. The summed E-state index contributed by atoms with van der Waals surface area (Å²) >= 11 is 19.2. The van der Waals surface area contributed by atoms with Gasteiger partial charge in [0.25, 0.3) is 5.91 Å². The molecule has 0 unspecified atom stereocenters. The summed E-state index contributed by atoms with van der Waals surface area (Å²) in [5, 5.41) is 4.27. The second-order valence-electron chi connectivity index (χ2n) is 5.36. The van der Waals surface area contributed by atoms with Gasteiger partial charge in [-0.1, -0.05) is 34.8 Å². The van der Waals surface area contributed by atoms with Gasteiger partial charge in [0.05, 0.1) is 22.8 Å². The first-order valence-corrected chi connectivity index (χ1v) is 9.52. The van der Waals surface area contributed by atoms with Crippen molar-refractivity contribution in [1.29, 1.82) is 0 Å². The van der Waals surface area contributed by atoms with E-state index in [9.17, 15) is 9.59 Å². The van der Waals surface area contributed by atoms with Crippen LogP contribution in [0.1, 0.15) is 9.67 Å². The van der Waals surface area contributed by atoms with Crippen LogP contribution in [0, 0.1) is 0 Å². The predicted molar refractivity (Wildman–Crippen MR) is 109 cm³/mol. The number of hydrogen-bond donors (Lipinski definition) is 1. The van der Waals surface area contributed by atoms with Crippen LogP contribution in [-0.2, 0) is 9.53 Å². The van der Waals surface area contributed by atoms with Crippen LogP contribution < -0.4 is 10.1 Å². The predicted octanol–water partition coefficient (Wildman–Crippen LogP) is 5.67. The van der Waals surface area contributed by atoms with Crippen LogP contribution in [0.15, 0.2) is 36.4 Å². The van der Waals surface area contributed by atoms with Gasteiger partial charge in [-0.15, -0.1) is 11.3 Å². The molecule has 0 bridgehead atoms. The Morgan fingerprint density at radius 1 is 1.11 bits per heavy atom. The van der Waals surface area contributed by atoms with Crippen LogP contribution in [0.5, 0.6) is 5.75 Å². The van der Waals surface area contributed by atoms with E-state index in [0.717, 1.165) is 4.70 Å². The van der Waals surface area contributed by atoms with Gasteiger partial charge in [-0.05, 0) is 36.4 Å². The summed E-state index contributed by atoms with van der Waals surface area (Å²) in [6.45, 7) is -0.480. The number of thiophene rings is 1. The molecule has 2 aromatic carbocycles. The number of methoxy groups -OCH3 is 1. The molecule has 0 fully saturated rings. The molecule has 0 radical (unpaired) electrons. The zero-order valence-electron chi connectivity index (χ0n) is 13.8. The summed E-state index contributed by atoms with van der Waals surface area (Å²) in [5.74, 6) is -0.566. The Morgan fingerprint density at radius 2 is 1.89 bits per heavy atom. The molecule has 0 saturated heterocycles. The van der Waals surface area contributed by atoms with E-state index in [-0.39, 0.29) is 14.9 Å². The number of nitrogens with one attached hydrogen (secondary N) is 1. The van der Waals surface area contributed by atoms with Crippen LogP contribution in [0.3, 0.4) is 0 Å². The molecular formula is C18H12Cl3NO4S. The lowest BCUT2D eigenvalue weighted by atomic mass is 10.2. The summed E-state index contributed by atoms with van der Waals surface area (Å²) in [7, 11) is 1.55. The molecule has 9 heteroatoms. The van der Waals surface area contributed by atoms with Crippen LogP contribution >= 0.6 is 46.1 Å². The van der Waals surface area contributed by atoms with Gasteiger partial charge in [0.2, 0.25) is 0 Å². The molecule has 0 saturated carbocycles. The molecule has 3 aromatic rings. The summed E-state index contributed by atoms with van der Waals surface area (Å²) in [6.07, 6.45) is 0. The lowest BCUT2D eigenvalue weighted by molar-refractivity contribution is -0.119. The highest BCUT2D eigenvalue weighted by atomic mass is 35.5. The molecule has 0 aliphatic rings. The topological polar surface area (TPSA) is 64.6 Å². The summed E-state index contributed by atoms with van der Waals surface area (Å²) < 4.78 is 11.0. The number of ether oxygens (including phenoxy) is 2. The molecule has 27 heavy (non-hydrogen) atoms. The summed E-state index contributed by atoms with van der Waals surface area (Å²) in [4.78, 5) is 24.5. The van der Waals surface area contributed by atoms with Gasteiger partial charge < -0.3 is 14.8 Å². The van der Waals surface area contributed by atoms with Crippen LogP contribution in [0.4, 0.5) is 5.69 Å². The quantitative estimate of drug-likeness (QED) is 0.515. The van der Waals surface area contributed by atoms with E-state index >= 15 is 0 Å². The Labute approximate surface area is 173 Å². The number of benzene rings is 2. The smallest absolute Gasteiger partial charge is 0.350 e. The number of hydrogen-bond acceptors (Lipinski definition) is 5. The van der Waals surface area contributed by atoms with E-state index in [1.54, 1.807) is 37.4 Å². The molecule has 3 rings (SSSR count). The van der Waals surface area contributed by atoms with Crippen molar-refractivity contribution in [2.24, 2.45) is 0 Å². The Balaban J connectivity index is 1.67. The number of carbonyl (C=O) groups is 2. The molecule has 1 heterocycles. The maximum Gasteiger partial charge on any atom is 0.350 e. The standard InChI is InChI=1S/C18H12Cl3NO4S/c1-25-10-3-4-11-14(7-10)27-17(16(11)21)18(24)26-8-15(23)22-13-5-2-9(19)6-12(13)20/h2-7H,8H2,1H3,(H,22,23). The van der Waals surface area contributed by atoms with Crippen LogP contribution in [-0.4, -0.2) is 25.6 Å². The fourth-order valence-electron chi connectivity index (χ4n) is 2.28. The minimum absolute atomic E-state index is 0.220. The first-order valence-electron chi connectivity index (χ1n) is 7.57. The molecule has 0 aliphatic carbocycles. The summed E-state index contributed by atoms with van der Waals surface area (Å²) in [6, 6.07) is 9.92. The Hall–Kier alpha value is -1.99. The largest absolute Gasteiger partial charge is 0.497 e. The van der Waals surface area contributed by atoms with Gasteiger partial charge in [0.15, 0.2) is 6.61 Å². The highest BCUT2D eigenvalue weighted by Crippen LogP contribution is 2.37. The van der Waals surface area contributed by atoms with Gasteiger partial charge in [-0.3, -0.25) is 4.79 Å². The highest BCUT2D eigenvalue weighted by molar-refractivity contribution is 7.21. The highest BCUT2D eigenvalue weighted by Gasteiger charge is 2.20. The number of esters is 1. The molecule has 0 atom stereocenters. The lowest BCUT2D eigenvalue weighted by Gasteiger charge is -2.08. The lowest BCUT2D eigenvalue weighted by Crippen LogP contribution is -2.20. The fraction of sp³-hybridized carbons (Fsp3) is 0.111. The molecule has 5 nitrogen and oxygen atoms in total. The van der Waals surface area contributed by atoms with Crippen molar-refractivity contribution in [3.8, 4) is 5.75 Å². The van der Waals surface area contributed by atoms with E-state index in [0.29, 0.717) is 21.8 Å². The van der Waals surface area contributed by atoms with Crippen molar-refractivity contribution in [3.63, 3.8) is 0 Å². The second kappa shape index (κ2) is 8.35. The van der Waals surface area contributed by atoms with Gasteiger partial charge in [0, 0.05) is 15.1 Å². The monoisotopic (exact) mass is 443 g/mol. The SMILES string of the molecule is COc1ccc2c(Cl)c(C(=O)OCC(=O)Nc3ccc(Cl)cc3Cl)sc2c1. The van der Waals surface area contributed by atoms with E-state index in [1.807, 2.05) is 0 Å². The van der Waals surface area contributed by atoms with Crippen molar-refractivity contribution in [2.75, 3.05) is 19.0 Å². The number of amides is 1. The third-order valence-corrected chi connectivity index (χ3v) is 5.75. The molecule has 0 aliphatic heterocycles. The number of fused-ring (bicyclic) bond motifs is 1. The third kappa shape index (κ3) is 4.47. The second-order valence-corrected chi connectivity index (χ2v) is 7.63. The average Bonchev–Trinajstić information content (AvgIpc) is 2.98. The van der Waals surface area contributed by atoms with Crippen molar-refractivity contribution in [3.05, 3.63) is 56.3 Å². The van der Waals surface area contributed by atoms with Gasteiger partial charge in [-0.25, -0.2) is 4.79 Å². The van der Waals surface area contributed by atoms with E-state index in [4.69, 9.17) is 44.3 Å². The molecular weight excluding hydrogens is 433 g/mol. The van der Waals surface area contributed by atoms with Crippen molar-refractivity contribution >= 4 is 73.8 Å². The zero-order chi connectivity index (χ0) is 19.6. The minimum Gasteiger partial charge on any atom is -0.497 e. The van der Waals surface area contributed by atoms with Crippen molar-refractivity contribution in [1.82, 2.24) is 0 Å². The maximum atomic E-state index is 12.3. The first kappa shape index (κ1) is 19.8. The van der Waals surface area contributed by atoms with Gasteiger partial charge in [-0.2, -0.15) is 0 Å². The number of carbonyl (C=O) groups excluding carboxylic acids is 2. The van der Waals surface area contributed by atoms with Crippen molar-refractivity contribution in [2.45, 2.75) is 0 Å². The summed E-state index contributed by atoms with van der Waals surface area (Å²) in [5.41, 5.74) is 0.370. The van der Waals surface area contributed by atoms with E-state index in [1.165, 1.54) is 17.4 Å². The Kier molecular flexibility index (Phi) is 6.11. The average molecular weight is 445 g/mol. The third-order valence-electron chi connectivity index (χ3n) is 3.56. The van der Waals surface area contributed by atoms with E-state index in [2.05, 4.69) is 5.32 Å². The molecule has 1 amide bonds. The molecule has 1 aromatic heterocycles. The molecule has 0 spiro atoms. The normalized spacial score (nSPS) is 10.7. The Bertz CT molecular complexity index is 1030. The van der Waals surface area contributed by atoms with Gasteiger partial charge in [0.1, 0.15) is 10.6 Å². The first-order chi connectivity index (χ1) is 12.9. The van der Waals surface area contributed by atoms with Crippen LogP contribution in [0.2, 0.25) is 15.1 Å². The van der Waals surface area contributed by atoms with Crippen LogP contribution in [0.25, 0.3) is 10.1 Å². The number of anilines is 1. The molecule has 1 N–H and O–H groups in total. The maximum absolute atomic E-state index is 12.3. The number of rotatable bonds is 5.